The van der Waals surface area contributed by atoms with E-state index in [1.807, 2.05) is 30.0 Å². The number of allylic oxidation sites excluding steroid dienone is 1. The van der Waals surface area contributed by atoms with Gasteiger partial charge in [-0.05, 0) is 63.5 Å². The Hall–Kier alpha value is -3.38. The summed E-state index contributed by atoms with van der Waals surface area (Å²) in [7, 11) is -2.86. The number of amides is 1. The number of carbonyl (C=O) groups excluding carboxylic acids is 1. The first kappa shape index (κ1) is 30.1. The highest BCUT2D eigenvalue weighted by molar-refractivity contribution is 8.00. The number of rotatable bonds is 10. The molecule has 216 valence electrons. The van der Waals surface area contributed by atoms with Crippen LogP contribution in [-0.4, -0.2) is 25.2 Å². The van der Waals surface area contributed by atoms with Crippen molar-refractivity contribution in [3.63, 3.8) is 0 Å². The molecule has 4 aromatic rings. The van der Waals surface area contributed by atoms with Gasteiger partial charge in [-0.15, -0.1) is 0 Å². The van der Waals surface area contributed by atoms with E-state index in [-0.39, 0.29) is 16.2 Å². The zero-order valence-corrected chi connectivity index (χ0v) is 26.7. The molecule has 5 rings (SSSR count). The van der Waals surface area contributed by atoms with E-state index >= 15 is 0 Å². The average Bonchev–Trinajstić information content (AvgIpc) is 3.03. The van der Waals surface area contributed by atoms with Gasteiger partial charge in [0, 0.05) is 10.8 Å². The van der Waals surface area contributed by atoms with Gasteiger partial charge in [0.1, 0.15) is 0 Å². The molecular formula is C37H41NO2SSi. The van der Waals surface area contributed by atoms with Crippen LogP contribution in [-0.2, 0) is 15.7 Å². The maximum absolute atomic E-state index is 13.8. The number of hydrogen-bond acceptors (Lipinski definition) is 3. The van der Waals surface area contributed by atoms with E-state index in [0.717, 1.165) is 47.4 Å². The molecule has 1 aliphatic rings. The largest absolute Gasteiger partial charge is 0.308 e. The molecule has 0 spiro atoms. The van der Waals surface area contributed by atoms with Crippen molar-refractivity contribution in [2.24, 2.45) is 0 Å². The molecule has 3 nitrogen and oxygen atoms in total. The van der Waals surface area contributed by atoms with Gasteiger partial charge in [-0.3, -0.25) is 4.79 Å². The second kappa shape index (κ2) is 13.7. The predicted molar refractivity (Wildman–Crippen MR) is 181 cm³/mol. The van der Waals surface area contributed by atoms with Crippen molar-refractivity contribution in [3.8, 4) is 11.1 Å². The van der Waals surface area contributed by atoms with Crippen LogP contribution >= 0.6 is 11.8 Å². The number of carbonyl (C=O) groups is 1. The van der Waals surface area contributed by atoms with Crippen LogP contribution in [0.4, 0.5) is 0 Å². The van der Waals surface area contributed by atoms with E-state index < -0.39 is 8.32 Å². The van der Waals surface area contributed by atoms with Gasteiger partial charge in [0.25, 0.3) is 14.2 Å². The predicted octanol–water partition coefficient (Wildman–Crippen LogP) is 7.72. The fraction of sp³-hybridized carbons (Fsp3) is 0.270. The summed E-state index contributed by atoms with van der Waals surface area (Å²) in [4.78, 5) is 13.8. The molecule has 42 heavy (non-hydrogen) atoms. The molecule has 1 atom stereocenters. The molecule has 0 saturated heterocycles. The van der Waals surface area contributed by atoms with Crippen molar-refractivity contribution < 1.29 is 9.32 Å². The highest BCUT2D eigenvalue weighted by atomic mass is 32.2. The van der Waals surface area contributed by atoms with E-state index in [9.17, 15) is 4.79 Å². The number of benzene rings is 4. The molecule has 1 amide bonds. The summed E-state index contributed by atoms with van der Waals surface area (Å²) in [5.41, 5.74) is 7.65. The Morgan fingerprint density at radius 3 is 1.93 bits per heavy atom. The van der Waals surface area contributed by atoms with Gasteiger partial charge >= 0.3 is 0 Å². The lowest BCUT2D eigenvalue weighted by Gasteiger charge is -2.42. The van der Waals surface area contributed by atoms with Crippen LogP contribution in [0.3, 0.4) is 0 Å². The van der Waals surface area contributed by atoms with Gasteiger partial charge in [0.2, 0.25) is 0 Å². The minimum Gasteiger partial charge on any atom is -0.308 e. The fourth-order valence-electron chi connectivity index (χ4n) is 5.90. The average molecular weight is 592 g/mol. The zero-order chi connectivity index (χ0) is 29.4. The van der Waals surface area contributed by atoms with Crippen LogP contribution < -0.4 is 15.9 Å². The van der Waals surface area contributed by atoms with Crippen LogP contribution in [0.1, 0.15) is 45.6 Å². The van der Waals surface area contributed by atoms with Crippen molar-refractivity contribution >= 4 is 36.4 Å². The third kappa shape index (κ3) is 6.81. The van der Waals surface area contributed by atoms with E-state index in [0.29, 0.717) is 0 Å². The van der Waals surface area contributed by atoms with Gasteiger partial charge < -0.3 is 4.53 Å². The topological polar surface area (TPSA) is 38.3 Å². The molecule has 0 radical (unpaired) electrons. The second-order valence-electron chi connectivity index (χ2n) is 12.0. The zero-order valence-electron chi connectivity index (χ0n) is 24.9. The molecule has 1 aliphatic carbocycles. The maximum atomic E-state index is 13.8. The highest BCUT2D eigenvalue weighted by Crippen LogP contribution is 2.37. The first-order valence-corrected chi connectivity index (χ1v) is 17.9. The van der Waals surface area contributed by atoms with E-state index in [1.54, 1.807) is 0 Å². The third-order valence-corrected chi connectivity index (χ3v) is 14.3. The van der Waals surface area contributed by atoms with E-state index in [4.69, 9.17) is 4.53 Å². The second-order valence-corrected chi connectivity index (χ2v) is 17.5. The van der Waals surface area contributed by atoms with Gasteiger partial charge in [-0.25, -0.2) is 5.48 Å². The lowest BCUT2D eigenvalue weighted by molar-refractivity contribution is -0.124. The summed E-state index contributed by atoms with van der Waals surface area (Å²) in [5.74, 6) is 0.864. The fourth-order valence-corrected chi connectivity index (χ4v) is 11.4. The third-order valence-electron chi connectivity index (χ3n) is 8.13. The number of aryl methyl sites for hydroxylation is 1. The minimum atomic E-state index is -2.86. The number of hydrogen-bond donors (Lipinski definition) is 1. The maximum Gasteiger partial charge on any atom is 0.295 e. The van der Waals surface area contributed by atoms with Crippen LogP contribution in [0.25, 0.3) is 11.1 Å². The Labute approximate surface area is 256 Å². The van der Waals surface area contributed by atoms with Crippen LogP contribution in [0.15, 0.2) is 127 Å². The molecule has 4 aromatic carbocycles. The summed E-state index contributed by atoms with van der Waals surface area (Å²) in [6.07, 6.45) is 6.15. The molecule has 5 heteroatoms. The molecule has 0 bridgehead atoms. The summed E-state index contributed by atoms with van der Waals surface area (Å²) in [5, 5.41) is 2.25. The lowest BCUT2D eigenvalue weighted by Crippen LogP contribution is -2.68. The van der Waals surface area contributed by atoms with E-state index in [1.165, 1.54) is 16.7 Å². The Balaban J connectivity index is 1.27. The number of nitrogens with one attached hydrogen (secondary N) is 1. The molecule has 0 aliphatic heterocycles. The lowest BCUT2D eigenvalue weighted by atomic mass is 9.98. The number of hydroxylamine groups is 1. The summed E-state index contributed by atoms with van der Waals surface area (Å²) < 4.78 is 6.74. The molecule has 0 aromatic heterocycles. The van der Waals surface area contributed by atoms with Gasteiger partial charge in [0.15, 0.2) is 0 Å². The quantitative estimate of drug-likeness (QED) is 0.152. The normalized spacial score (nSPS) is 15.6. The first-order valence-electron chi connectivity index (χ1n) is 14.9. The Kier molecular flexibility index (Phi) is 9.83. The molecule has 1 unspecified atom stereocenters. The van der Waals surface area contributed by atoms with Crippen molar-refractivity contribution in [3.05, 3.63) is 132 Å². The summed E-state index contributed by atoms with van der Waals surface area (Å²) in [6.45, 7) is 6.66. The Morgan fingerprint density at radius 2 is 1.36 bits per heavy atom. The molecule has 0 saturated carbocycles. The van der Waals surface area contributed by atoms with E-state index in [2.05, 4.69) is 129 Å². The standard InChI is InChI=1S/C37H41NO2SSi/c1-37(2,3)42(32-17-9-5-10-18-32,33-19-11-6-12-20-33)40-38-36(39)34-21-13-14-22-35(34)41-28-27-29-23-25-31(26-24-29)30-15-7-4-8-16-30/h4-12,15-21,23-26,35H,13-14,22,27-28H2,1-3H3,(H,38,39). The minimum absolute atomic E-state index is 0.104. The molecule has 1 N–H and O–H groups in total. The van der Waals surface area contributed by atoms with Crippen molar-refractivity contribution in [2.75, 3.05) is 5.75 Å². The van der Waals surface area contributed by atoms with Crippen LogP contribution in [0.2, 0.25) is 5.04 Å². The SMILES string of the molecule is CC(C)(C)[Si](ONC(=O)C1=CCCCC1SCCc1ccc(-c2ccccc2)cc1)(c1ccccc1)c1ccccc1. The summed E-state index contributed by atoms with van der Waals surface area (Å²) >= 11 is 1.89. The first-order chi connectivity index (χ1) is 20.4. The van der Waals surface area contributed by atoms with Crippen molar-refractivity contribution in [1.82, 2.24) is 5.48 Å². The van der Waals surface area contributed by atoms with Crippen LogP contribution in [0, 0.1) is 0 Å². The van der Waals surface area contributed by atoms with Crippen LogP contribution in [0.5, 0.6) is 0 Å². The smallest absolute Gasteiger partial charge is 0.295 e. The van der Waals surface area contributed by atoms with Crippen molar-refractivity contribution in [1.29, 1.82) is 0 Å². The number of thioether (sulfide) groups is 1. The van der Waals surface area contributed by atoms with Gasteiger partial charge in [-0.1, -0.05) is 142 Å². The Morgan fingerprint density at radius 1 is 0.810 bits per heavy atom. The molecule has 0 fully saturated rings. The Bertz CT molecular complexity index is 1430. The van der Waals surface area contributed by atoms with Crippen molar-refractivity contribution in [2.45, 2.75) is 56.7 Å². The summed E-state index contributed by atoms with van der Waals surface area (Å²) in [6, 6.07) is 40.2. The molecular weight excluding hydrogens is 551 g/mol. The van der Waals surface area contributed by atoms with Gasteiger partial charge in [-0.2, -0.15) is 11.8 Å². The van der Waals surface area contributed by atoms with Gasteiger partial charge in [0.05, 0.1) is 0 Å². The molecule has 0 heterocycles. The monoisotopic (exact) mass is 591 g/mol. The highest BCUT2D eigenvalue weighted by Gasteiger charge is 2.51.